The number of nitrogens with zero attached hydrogens (tertiary/aromatic N) is 4. The van der Waals surface area contributed by atoms with Crippen LogP contribution in [0.1, 0.15) is 36.2 Å². The van der Waals surface area contributed by atoms with Gasteiger partial charge in [-0.3, -0.25) is 19.1 Å². The minimum atomic E-state index is -3.36. The van der Waals surface area contributed by atoms with Crippen molar-refractivity contribution in [3.05, 3.63) is 54.4 Å². The topological polar surface area (TPSA) is 107 Å². The van der Waals surface area contributed by atoms with Gasteiger partial charge in [-0.1, -0.05) is 11.8 Å². The number of aromatic nitrogens is 4. The van der Waals surface area contributed by atoms with E-state index in [1.807, 2.05) is 19.1 Å². The molecule has 1 fully saturated rings. The number of rotatable bonds is 8. The van der Waals surface area contributed by atoms with Gasteiger partial charge in [0.15, 0.2) is 16.8 Å². The van der Waals surface area contributed by atoms with Crippen molar-refractivity contribution in [3.8, 4) is 11.4 Å². The van der Waals surface area contributed by atoms with Crippen LogP contribution in [0.5, 0.6) is 0 Å². The van der Waals surface area contributed by atoms with E-state index in [1.54, 1.807) is 36.7 Å². The van der Waals surface area contributed by atoms with Crippen molar-refractivity contribution in [2.75, 3.05) is 11.0 Å². The van der Waals surface area contributed by atoms with Crippen molar-refractivity contribution in [3.63, 3.8) is 0 Å². The van der Waals surface area contributed by atoms with Gasteiger partial charge in [-0.2, -0.15) is 0 Å². The number of hydrogen-bond donors (Lipinski definition) is 1. The normalized spacial score (nSPS) is 15.0. The predicted molar refractivity (Wildman–Crippen MR) is 116 cm³/mol. The molecule has 0 unspecified atom stereocenters. The number of Topliss-reactive ketones (excluding diaryl/α,β-unsaturated/α-hetero) is 1. The molecule has 1 aliphatic rings. The van der Waals surface area contributed by atoms with Crippen LogP contribution >= 0.6 is 11.8 Å². The lowest BCUT2D eigenvalue weighted by Crippen LogP contribution is -2.15. The third-order valence-electron chi connectivity index (χ3n) is 4.64. The Balaban J connectivity index is 1.52. The number of thioether (sulfide) groups is 1. The second kappa shape index (κ2) is 8.19. The van der Waals surface area contributed by atoms with Crippen LogP contribution < -0.4 is 4.72 Å². The van der Waals surface area contributed by atoms with E-state index in [-0.39, 0.29) is 11.0 Å². The number of carbonyl (C=O) groups is 1. The Kier molecular flexibility index (Phi) is 5.61. The summed E-state index contributed by atoms with van der Waals surface area (Å²) >= 11 is 1.38. The van der Waals surface area contributed by atoms with Crippen LogP contribution in [0.15, 0.2) is 53.9 Å². The van der Waals surface area contributed by atoms with Crippen LogP contribution in [0, 0.1) is 0 Å². The highest BCUT2D eigenvalue weighted by Crippen LogP contribution is 2.41. The third kappa shape index (κ3) is 4.71. The number of hydrogen-bond acceptors (Lipinski definition) is 7. The van der Waals surface area contributed by atoms with Gasteiger partial charge in [0.25, 0.3) is 0 Å². The predicted octanol–water partition coefficient (Wildman–Crippen LogP) is 3.41. The summed E-state index contributed by atoms with van der Waals surface area (Å²) in [4.78, 5) is 16.9. The largest absolute Gasteiger partial charge is 0.299 e. The number of carbonyl (C=O) groups excluding carboxylic acids is 1. The van der Waals surface area contributed by atoms with E-state index in [1.165, 1.54) is 11.8 Å². The van der Waals surface area contributed by atoms with Crippen LogP contribution in [0.4, 0.5) is 5.69 Å². The molecule has 8 nitrogen and oxygen atoms in total. The Hall–Kier alpha value is -2.72. The average Bonchev–Trinajstić information content (AvgIpc) is 3.47. The lowest BCUT2D eigenvalue weighted by molar-refractivity contribution is 0.0994. The van der Waals surface area contributed by atoms with Gasteiger partial charge in [0.2, 0.25) is 10.0 Å². The van der Waals surface area contributed by atoms with Crippen LogP contribution in [0.2, 0.25) is 0 Å². The molecule has 10 heteroatoms. The van der Waals surface area contributed by atoms with Crippen molar-refractivity contribution in [2.24, 2.45) is 0 Å². The summed E-state index contributed by atoms with van der Waals surface area (Å²) in [5.74, 6) is 0.736. The van der Waals surface area contributed by atoms with Crippen molar-refractivity contribution in [1.82, 2.24) is 19.7 Å². The maximum Gasteiger partial charge on any atom is 0.229 e. The molecule has 1 saturated carbocycles. The molecule has 30 heavy (non-hydrogen) atoms. The van der Waals surface area contributed by atoms with Crippen LogP contribution in [0.3, 0.4) is 0 Å². The summed E-state index contributed by atoms with van der Waals surface area (Å²) in [6.45, 7) is 1.84. The number of nitrogens with one attached hydrogen (secondary N) is 1. The molecule has 1 aromatic carbocycles. The summed E-state index contributed by atoms with van der Waals surface area (Å²) in [7, 11) is -3.36. The average molecular weight is 444 g/mol. The minimum absolute atomic E-state index is 0.0540. The highest BCUT2D eigenvalue weighted by atomic mass is 32.2. The van der Waals surface area contributed by atoms with Gasteiger partial charge in [-0.25, -0.2) is 8.42 Å². The first-order valence-corrected chi connectivity index (χ1v) is 12.2. The number of anilines is 1. The van der Waals surface area contributed by atoms with Crippen LogP contribution in [-0.2, 0) is 10.0 Å². The van der Waals surface area contributed by atoms with E-state index < -0.39 is 10.0 Å². The molecule has 0 bridgehead atoms. The summed E-state index contributed by atoms with van der Waals surface area (Å²) < 4.78 is 27.2. The summed E-state index contributed by atoms with van der Waals surface area (Å²) in [5, 5.41) is 9.07. The Morgan fingerprint density at radius 2 is 1.80 bits per heavy atom. The SMILES string of the molecule is C[C@@H](Sc1nnc(-c2ccncc2)n1C1CC1)C(=O)c1ccc(NS(C)(=O)=O)cc1. The summed E-state index contributed by atoms with van der Waals surface area (Å²) in [5.41, 5.74) is 1.88. The second-order valence-corrected chi connectivity index (χ2v) is 10.3. The van der Waals surface area contributed by atoms with Crippen molar-refractivity contribution >= 4 is 33.3 Å². The van der Waals surface area contributed by atoms with E-state index in [0.29, 0.717) is 17.3 Å². The molecule has 4 rings (SSSR count). The molecular formula is C20H21N5O3S2. The Morgan fingerprint density at radius 3 is 2.40 bits per heavy atom. The van der Waals surface area contributed by atoms with E-state index >= 15 is 0 Å². The lowest BCUT2D eigenvalue weighted by atomic mass is 10.1. The summed E-state index contributed by atoms with van der Waals surface area (Å²) in [6, 6.07) is 10.6. The molecule has 1 N–H and O–H groups in total. The van der Waals surface area contributed by atoms with E-state index in [0.717, 1.165) is 35.6 Å². The van der Waals surface area contributed by atoms with E-state index in [9.17, 15) is 13.2 Å². The van der Waals surface area contributed by atoms with Crippen molar-refractivity contribution in [1.29, 1.82) is 0 Å². The standard InChI is InChI=1S/C20H21N5O3S2/c1-13(18(26)14-3-5-16(6-4-14)24-30(2,27)28)29-20-23-22-19(25(20)17-7-8-17)15-9-11-21-12-10-15/h3-6,9-13,17,24H,7-8H2,1-2H3/t13-/m1/s1. The second-order valence-electron chi connectivity index (χ2n) is 7.22. The minimum Gasteiger partial charge on any atom is -0.299 e. The highest BCUT2D eigenvalue weighted by Gasteiger charge is 2.31. The van der Waals surface area contributed by atoms with Gasteiger partial charge in [0.05, 0.1) is 11.5 Å². The Labute approximate surface area is 179 Å². The zero-order chi connectivity index (χ0) is 21.3. The number of ketones is 1. The van der Waals surface area contributed by atoms with Crippen molar-refractivity contribution < 1.29 is 13.2 Å². The Bertz CT molecular complexity index is 1160. The molecule has 2 aromatic heterocycles. The Morgan fingerprint density at radius 1 is 1.13 bits per heavy atom. The number of benzene rings is 1. The fourth-order valence-corrected chi connectivity index (χ4v) is 4.64. The summed E-state index contributed by atoms with van der Waals surface area (Å²) in [6.07, 6.45) is 6.67. The molecule has 0 radical (unpaired) electrons. The molecule has 156 valence electrons. The molecule has 0 amide bonds. The smallest absolute Gasteiger partial charge is 0.229 e. The molecule has 2 heterocycles. The highest BCUT2D eigenvalue weighted by molar-refractivity contribution is 8.00. The molecule has 3 aromatic rings. The first kappa shape index (κ1) is 20.5. The first-order chi connectivity index (χ1) is 14.3. The third-order valence-corrected chi connectivity index (χ3v) is 6.30. The fraction of sp³-hybridized carbons (Fsp3) is 0.300. The van der Waals surface area contributed by atoms with E-state index in [2.05, 4.69) is 24.5 Å². The van der Waals surface area contributed by atoms with Crippen LogP contribution in [0.25, 0.3) is 11.4 Å². The maximum atomic E-state index is 12.9. The monoisotopic (exact) mass is 443 g/mol. The van der Waals surface area contributed by atoms with Gasteiger partial charge in [0, 0.05) is 35.2 Å². The molecule has 0 saturated heterocycles. The van der Waals surface area contributed by atoms with Gasteiger partial charge in [-0.15, -0.1) is 10.2 Å². The number of pyridine rings is 1. The van der Waals surface area contributed by atoms with Gasteiger partial charge in [0.1, 0.15) is 0 Å². The lowest BCUT2D eigenvalue weighted by Gasteiger charge is -2.13. The first-order valence-electron chi connectivity index (χ1n) is 9.46. The molecular weight excluding hydrogens is 422 g/mol. The molecule has 0 aliphatic heterocycles. The fourth-order valence-electron chi connectivity index (χ4n) is 3.08. The van der Waals surface area contributed by atoms with Crippen molar-refractivity contribution in [2.45, 2.75) is 36.2 Å². The molecule has 1 aliphatic carbocycles. The van der Waals surface area contributed by atoms with Gasteiger partial charge >= 0.3 is 0 Å². The quantitative estimate of drug-likeness (QED) is 0.420. The van der Waals surface area contributed by atoms with E-state index in [4.69, 9.17) is 0 Å². The molecule has 0 spiro atoms. The zero-order valence-corrected chi connectivity index (χ0v) is 18.2. The number of sulfonamides is 1. The zero-order valence-electron chi connectivity index (χ0n) is 16.5. The van der Waals surface area contributed by atoms with Gasteiger partial charge < -0.3 is 0 Å². The maximum absolute atomic E-state index is 12.9. The molecule has 1 atom stereocenters. The van der Waals surface area contributed by atoms with Crippen LogP contribution in [-0.4, -0.2) is 45.5 Å². The van der Waals surface area contributed by atoms with Gasteiger partial charge in [-0.05, 0) is 56.2 Å².